The van der Waals surface area contributed by atoms with Crippen molar-refractivity contribution in [1.82, 2.24) is 9.97 Å². The zero-order valence-electron chi connectivity index (χ0n) is 16.1. The number of hydrogen-bond donors (Lipinski definition) is 1. The summed E-state index contributed by atoms with van der Waals surface area (Å²) < 4.78 is 0. The Morgan fingerprint density at radius 2 is 1.80 bits per heavy atom. The van der Waals surface area contributed by atoms with Gasteiger partial charge in [-0.1, -0.05) is 24.3 Å². The second-order valence-electron chi connectivity index (χ2n) is 6.46. The molecule has 152 valence electrons. The minimum absolute atomic E-state index is 0.116. The maximum absolute atomic E-state index is 13.1. The number of hydrogen-bond acceptors (Lipinski definition) is 7. The number of amides is 2. The van der Waals surface area contributed by atoms with E-state index in [1.165, 1.54) is 22.7 Å². The van der Waals surface area contributed by atoms with E-state index < -0.39 is 0 Å². The van der Waals surface area contributed by atoms with Crippen LogP contribution in [-0.4, -0.2) is 21.8 Å². The molecule has 9 heteroatoms. The number of aromatic nitrogens is 2. The van der Waals surface area contributed by atoms with Crippen molar-refractivity contribution in [3.8, 4) is 0 Å². The lowest BCUT2D eigenvalue weighted by molar-refractivity contribution is -0.117. The van der Waals surface area contributed by atoms with E-state index in [0.29, 0.717) is 22.4 Å². The van der Waals surface area contributed by atoms with Gasteiger partial charge in [-0.25, -0.2) is 9.97 Å². The number of benzene rings is 1. The fraction of sp³-hybridized carbons (Fsp3) is 0.143. The third-order valence-corrected chi connectivity index (χ3v) is 6.73. The van der Waals surface area contributed by atoms with Crippen molar-refractivity contribution >= 4 is 61.8 Å². The first-order chi connectivity index (χ1) is 14.6. The summed E-state index contributed by atoms with van der Waals surface area (Å²) in [4.78, 5) is 36.8. The van der Waals surface area contributed by atoms with Gasteiger partial charge in [0, 0.05) is 15.6 Å². The molecule has 0 aliphatic carbocycles. The summed E-state index contributed by atoms with van der Waals surface area (Å²) in [5.41, 5.74) is 2.25. The first-order valence-corrected chi connectivity index (χ1v) is 11.8. The normalized spacial score (nSPS) is 10.7. The molecule has 0 unspecified atom stereocenters. The molecule has 6 nitrogen and oxygen atoms in total. The van der Waals surface area contributed by atoms with Crippen molar-refractivity contribution in [2.75, 3.05) is 10.2 Å². The molecule has 3 heterocycles. The maximum atomic E-state index is 13.1. The topological polar surface area (TPSA) is 75.2 Å². The molecule has 0 saturated carbocycles. The largest absolute Gasteiger partial charge is 0.302 e. The number of thiazole rings is 2. The van der Waals surface area contributed by atoms with Crippen molar-refractivity contribution in [3.63, 3.8) is 0 Å². The predicted molar refractivity (Wildman–Crippen MR) is 123 cm³/mol. The molecule has 0 aliphatic heterocycles. The fourth-order valence-corrected chi connectivity index (χ4v) is 5.06. The van der Waals surface area contributed by atoms with Crippen LogP contribution in [0, 0.1) is 6.92 Å². The van der Waals surface area contributed by atoms with E-state index in [4.69, 9.17) is 0 Å². The minimum atomic E-state index is -0.127. The molecule has 4 aromatic rings. The number of para-hydroxylation sites is 1. The maximum Gasteiger partial charge on any atom is 0.239 e. The van der Waals surface area contributed by atoms with Crippen molar-refractivity contribution in [1.29, 1.82) is 0 Å². The summed E-state index contributed by atoms with van der Waals surface area (Å²) in [6.07, 6.45) is 0.432. The summed E-state index contributed by atoms with van der Waals surface area (Å²) in [6, 6.07) is 13.3. The summed E-state index contributed by atoms with van der Waals surface area (Å²) in [7, 11) is 0. The second kappa shape index (κ2) is 9.29. The number of carbonyl (C=O) groups excluding carboxylic acids is 2. The van der Waals surface area contributed by atoms with Crippen LogP contribution in [0.1, 0.15) is 16.3 Å². The Hall–Kier alpha value is -2.88. The van der Waals surface area contributed by atoms with Gasteiger partial charge in [-0.2, -0.15) is 0 Å². The molecule has 0 saturated heterocycles. The number of nitrogens with one attached hydrogen (secondary N) is 1. The molecule has 0 aliphatic rings. The van der Waals surface area contributed by atoms with Crippen LogP contribution in [0.25, 0.3) is 0 Å². The molecular formula is C21H18N4O2S3. The Labute approximate surface area is 185 Å². The quantitative estimate of drug-likeness (QED) is 0.424. The lowest BCUT2D eigenvalue weighted by Crippen LogP contribution is -2.27. The first kappa shape index (κ1) is 20.4. The summed E-state index contributed by atoms with van der Waals surface area (Å²) in [6.45, 7) is 1.90. The highest BCUT2D eigenvalue weighted by Crippen LogP contribution is 2.29. The van der Waals surface area contributed by atoms with E-state index in [-0.39, 0.29) is 18.2 Å². The lowest BCUT2D eigenvalue weighted by Gasteiger charge is -2.19. The molecule has 0 fully saturated rings. The van der Waals surface area contributed by atoms with Crippen molar-refractivity contribution in [3.05, 3.63) is 74.9 Å². The number of anilines is 3. The highest BCUT2D eigenvalue weighted by molar-refractivity contribution is 7.14. The van der Waals surface area contributed by atoms with E-state index in [1.54, 1.807) is 21.6 Å². The molecular weight excluding hydrogens is 436 g/mol. The van der Waals surface area contributed by atoms with Crippen LogP contribution in [0.4, 0.5) is 16.0 Å². The van der Waals surface area contributed by atoms with Gasteiger partial charge >= 0.3 is 0 Å². The van der Waals surface area contributed by atoms with Gasteiger partial charge in [-0.3, -0.25) is 14.5 Å². The Bertz CT molecular complexity index is 1140. The number of nitrogens with zero attached hydrogens (tertiary/aromatic N) is 3. The van der Waals surface area contributed by atoms with Crippen molar-refractivity contribution < 1.29 is 9.59 Å². The molecule has 4 rings (SSSR count). The molecule has 0 radical (unpaired) electrons. The zero-order valence-corrected chi connectivity index (χ0v) is 18.5. The Kier molecular flexibility index (Phi) is 6.32. The summed E-state index contributed by atoms with van der Waals surface area (Å²) in [5, 5.41) is 9.60. The van der Waals surface area contributed by atoms with Gasteiger partial charge in [0.2, 0.25) is 11.8 Å². The van der Waals surface area contributed by atoms with E-state index >= 15 is 0 Å². The van der Waals surface area contributed by atoms with Crippen LogP contribution >= 0.6 is 34.0 Å². The smallest absolute Gasteiger partial charge is 0.239 e. The standard InChI is InChI=1S/C21H18N4O2S3/c1-14-12-30-21(22-14)25(16-6-3-2-4-7-16)19(27)10-15-13-29-20(23-15)24-18(26)11-17-8-5-9-28-17/h2-9,12-13H,10-11H2,1H3,(H,23,24,26). The lowest BCUT2D eigenvalue weighted by atomic mass is 10.2. The van der Waals surface area contributed by atoms with Crippen LogP contribution in [0.15, 0.2) is 58.6 Å². The highest BCUT2D eigenvalue weighted by Gasteiger charge is 2.22. The average Bonchev–Trinajstić information content (AvgIpc) is 3.47. The van der Waals surface area contributed by atoms with Crippen LogP contribution in [0.2, 0.25) is 0 Å². The second-order valence-corrected chi connectivity index (χ2v) is 9.19. The number of aryl methyl sites for hydroxylation is 1. The molecule has 1 N–H and O–H groups in total. The summed E-state index contributed by atoms with van der Waals surface area (Å²) in [5.74, 6) is -0.244. The molecule has 30 heavy (non-hydrogen) atoms. The van der Waals surface area contributed by atoms with Gasteiger partial charge < -0.3 is 5.32 Å². The van der Waals surface area contributed by atoms with E-state index in [2.05, 4.69) is 15.3 Å². The highest BCUT2D eigenvalue weighted by atomic mass is 32.1. The fourth-order valence-electron chi connectivity index (χ4n) is 2.80. The average molecular weight is 455 g/mol. The van der Waals surface area contributed by atoms with Crippen LogP contribution < -0.4 is 10.2 Å². The van der Waals surface area contributed by atoms with E-state index in [0.717, 1.165) is 16.3 Å². The molecule has 1 aromatic carbocycles. The van der Waals surface area contributed by atoms with Gasteiger partial charge in [0.05, 0.1) is 29.9 Å². The SMILES string of the molecule is Cc1csc(N(C(=O)Cc2csc(NC(=O)Cc3cccs3)n2)c2ccccc2)n1. The Balaban J connectivity index is 1.46. The molecule has 0 atom stereocenters. The van der Waals surface area contributed by atoms with Crippen molar-refractivity contribution in [2.45, 2.75) is 19.8 Å². The number of thiophene rings is 1. The van der Waals surface area contributed by atoms with Crippen LogP contribution in [-0.2, 0) is 22.4 Å². The summed E-state index contributed by atoms with van der Waals surface area (Å²) >= 11 is 4.29. The molecule has 3 aromatic heterocycles. The van der Waals surface area contributed by atoms with Gasteiger partial charge in [0.15, 0.2) is 10.3 Å². The number of rotatable bonds is 7. The molecule has 2 amide bonds. The van der Waals surface area contributed by atoms with Gasteiger partial charge in [-0.05, 0) is 30.5 Å². The van der Waals surface area contributed by atoms with Gasteiger partial charge in [-0.15, -0.1) is 34.0 Å². The molecule has 0 bridgehead atoms. The Morgan fingerprint density at radius 3 is 2.50 bits per heavy atom. The van der Waals surface area contributed by atoms with Gasteiger partial charge in [0.25, 0.3) is 0 Å². The van der Waals surface area contributed by atoms with Crippen LogP contribution in [0.3, 0.4) is 0 Å². The predicted octanol–water partition coefficient (Wildman–Crippen LogP) is 5.06. The Morgan fingerprint density at radius 1 is 0.967 bits per heavy atom. The molecule has 0 spiro atoms. The van der Waals surface area contributed by atoms with Gasteiger partial charge in [0.1, 0.15) is 0 Å². The van der Waals surface area contributed by atoms with Crippen molar-refractivity contribution in [2.24, 2.45) is 0 Å². The first-order valence-electron chi connectivity index (χ1n) is 9.15. The van der Waals surface area contributed by atoms with E-state index in [1.807, 2.05) is 60.1 Å². The zero-order chi connectivity index (χ0) is 20.9. The minimum Gasteiger partial charge on any atom is -0.302 e. The number of carbonyl (C=O) groups is 2. The van der Waals surface area contributed by atoms with Crippen LogP contribution in [0.5, 0.6) is 0 Å². The monoisotopic (exact) mass is 454 g/mol. The third kappa shape index (κ3) is 4.99. The van der Waals surface area contributed by atoms with E-state index in [9.17, 15) is 9.59 Å². The third-order valence-electron chi connectivity index (χ3n) is 4.11.